The highest BCUT2D eigenvalue weighted by Crippen LogP contribution is 2.26. The standard InChI is InChI=1S/C10H17NO4/c1-10(2,3)11-7(4-5-8(12)13)6-15-9(11)14/h7H,4-6H2,1-3H3,(H,12,13). The van der Waals surface area contributed by atoms with Gasteiger partial charge in [0.05, 0.1) is 6.04 Å². The van der Waals surface area contributed by atoms with Gasteiger partial charge in [-0.3, -0.25) is 9.69 Å². The van der Waals surface area contributed by atoms with E-state index in [1.807, 2.05) is 20.8 Å². The first-order valence-electron chi connectivity index (χ1n) is 5.00. The monoisotopic (exact) mass is 215 g/mol. The number of nitrogens with zero attached hydrogens (tertiary/aromatic N) is 1. The van der Waals surface area contributed by atoms with Gasteiger partial charge >= 0.3 is 12.1 Å². The quantitative estimate of drug-likeness (QED) is 0.774. The van der Waals surface area contributed by atoms with Crippen LogP contribution in [0.5, 0.6) is 0 Å². The van der Waals surface area contributed by atoms with Gasteiger partial charge in [-0.05, 0) is 27.2 Å². The minimum Gasteiger partial charge on any atom is -0.481 e. The summed E-state index contributed by atoms with van der Waals surface area (Å²) in [6.07, 6.45) is 0.157. The van der Waals surface area contributed by atoms with Crippen molar-refractivity contribution in [3.8, 4) is 0 Å². The molecule has 86 valence electrons. The number of carbonyl (C=O) groups excluding carboxylic acids is 1. The van der Waals surface area contributed by atoms with Crippen molar-refractivity contribution in [3.05, 3.63) is 0 Å². The fourth-order valence-electron chi connectivity index (χ4n) is 1.78. The van der Waals surface area contributed by atoms with E-state index in [-0.39, 0.29) is 24.1 Å². The van der Waals surface area contributed by atoms with Crippen LogP contribution in [0.2, 0.25) is 0 Å². The van der Waals surface area contributed by atoms with Gasteiger partial charge in [-0.2, -0.15) is 0 Å². The molecule has 0 aromatic rings. The lowest BCUT2D eigenvalue weighted by atomic mass is 10.0. The third-order valence-corrected chi connectivity index (χ3v) is 2.38. The fraction of sp³-hybridized carbons (Fsp3) is 0.800. The zero-order valence-corrected chi connectivity index (χ0v) is 9.32. The summed E-state index contributed by atoms with van der Waals surface area (Å²) in [7, 11) is 0. The Hall–Kier alpha value is -1.26. The van der Waals surface area contributed by atoms with Crippen LogP contribution in [0.15, 0.2) is 0 Å². The maximum Gasteiger partial charge on any atom is 0.410 e. The molecule has 1 fully saturated rings. The molecule has 5 heteroatoms. The molecule has 5 nitrogen and oxygen atoms in total. The normalized spacial score (nSPS) is 21.7. The predicted octanol–water partition coefficient (Wildman–Crippen LogP) is 1.47. The van der Waals surface area contributed by atoms with Crippen LogP contribution in [0.25, 0.3) is 0 Å². The molecule has 1 heterocycles. The Morgan fingerprint density at radius 2 is 2.20 bits per heavy atom. The van der Waals surface area contributed by atoms with Gasteiger partial charge in [-0.1, -0.05) is 0 Å². The Morgan fingerprint density at radius 1 is 1.60 bits per heavy atom. The number of carboxylic acid groups (broad SMARTS) is 1. The van der Waals surface area contributed by atoms with Gasteiger partial charge in [0.1, 0.15) is 6.61 Å². The number of aliphatic carboxylic acids is 1. The zero-order valence-electron chi connectivity index (χ0n) is 9.32. The van der Waals surface area contributed by atoms with Crippen LogP contribution in [0.4, 0.5) is 4.79 Å². The summed E-state index contributed by atoms with van der Waals surface area (Å²) in [5, 5.41) is 8.58. The molecule has 1 aliphatic rings. The predicted molar refractivity (Wildman–Crippen MR) is 53.6 cm³/mol. The average Bonchev–Trinajstić information content (AvgIpc) is 2.42. The van der Waals surface area contributed by atoms with Gasteiger partial charge in [0.2, 0.25) is 0 Å². The number of cyclic esters (lactones) is 1. The number of carboxylic acids is 1. The van der Waals surface area contributed by atoms with Gasteiger partial charge < -0.3 is 9.84 Å². The molecule has 1 atom stereocenters. The van der Waals surface area contributed by atoms with E-state index in [4.69, 9.17) is 9.84 Å². The van der Waals surface area contributed by atoms with E-state index in [1.54, 1.807) is 4.90 Å². The first-order valence-corrected chi connectivity index (χ1v) is 5.00. The van der Waals surface area contributed by atoms with Gasteiger partial charge in [-0.25, -0.2) is 4.79 Å². The van der Waals surface area contributed by atoms with E-state index in [9.17, 15) is 9.59 Å². The van der Waals surface area contributed by atoms with E-state index in [2.05, 4.69) is 0 Å². The molecule has 1 aliphatic heterocycles. The van der Waals surface area contributed by atoms with Crippen LogP contribution in [0.3, 0.4) is 0 Å². The number of amides is 1. The second-order valence-corrected chi connectivity index (χ2v) is 4.70. The summed E-state index contributed by atoms with van der Waals surface area (Å²) in [5.74, 6) is -0.844. The summed E-state index contributed by atoms with van der Waals surface area (Å²) in [4.78, 5) is 23.5. The van der Waals surface area contributed by atoms with Crippen molar-refractivity contribution in [3.63, 3.8) is 0 Å². The molecule has 15 heavy (non-hydrogen) atoms. The van der Waals surface area contributed by atoms with Crippen molar-refractivity contribution >= 4 is 12.1 Å². The Kier molecular flexibility index (Phi) is 3.21. The van der Waals surface area contributed by atoms with E-state index in [0.717, 1.165) is 0 Å². The summed E-state index contributed by atoms with van der Waals surface area (Å²) in [6.45, 7) is 6.03. The van der Waals surface area contributed by atoms with Gasteiger partial charge in [0.25, 0.3) is 0 Å². The lowest BCUT2D eigenvalue weighted by Gasteiger charge is -2.34. The Labute approximate surface area is 89.0 Å². The molecule has 1 saturated heterocycles. The maximum atomic E-state index is 11.4. The van der Waals surface area contributed by atoms with Crippen LogP contribution in [-0.4, -0.2) is 40.3 Å². The molecule has 1 amide bonds. The van der Waals surface area contributed by atoms with Gasteiger partial charge in [0.15, 0.2) is 0 Å². The van der Waals surface area contributed by atoms with Gasteiger partial charge in [0, 0.05) is 12.0 Å². The number of hydrogen-bond acceptors (Lipinski definition) is 3. The molecule has 1 unspecified atom stereocenters. The second kappa shape index (κ2) is 4.08. The molecule has 0 saturated carbocycles. The topological polar surface area (TPSA) is 66.8 Å². The van der Waals surface area contributed by atoms with Crippen molar-refractivity contribution in [1.82, 2.24) is 4.90 Å². The maximum absolute atomic E-state index is 11.4. The molecule has 0 bridgehead atoms. The van der Waals surface area contributed by atoms with Crippen molar-refractivity contribution in [2.45, 2.75) is 45.2 Å². The summed E-state index contributed by atoms with van der Waals surface area (Å²) < 4.78 is 4.93. The first-order chi connectivity index (χ1) is 6.82. The SMILES string of the molecule is CC(C)(C)N1C(=O)OCC1CCC(=O)O. The zero-order chi connectivity index (χ0) is 11.6. The fourth-order valence-corrected chi connectivity index (χ4v) is 1.78. The Bertz CT molecular complexity index is 269. The van der Waals surface area contributed by atoms with Crippen LogP contribution >= 0.6 is 0 Å². The summed E-state index contributed by atoms with van der Waals surface area (Å²) in [6, 6.07) is -0.117. The highest BCUT2D eigenvalue weighted by atomic mass is 16.6. The molecular weight excluding hydrogens is 198 g/mol. The Balaban J connectivity index is 2.64. The lowest BCUT2D eigenvalue weighted by molar-refractivity contribution is -0.137. The minimum atomic E-state index is -0.844. The smallest absolute Gasteiger partial charge is 0.410 e. The number of ether oxygens (including phenoxy) is 1. The van der Waals surface area contributed by atoms with Crippen molar-refractivity contribution in [2.24, 2.45) is 0 Å². The van der Waals surface area contributed by atoms with Gasteiger partial charge in [-0.15, -0.1) is 0 Å². The van der Waals surface area contributed by atoms with Crippen molar-refractivity contribution < 1.29 is 19.4 Å². The summed E-state index contributed by atoms with van der Waals surface area (Å²) in [5.41, 5.74) is -0.323. The third-order valence-electron chi connectivity index (χ3n) is 2.38. The third kappa shape index (κ3) is 2.84. The number of carbonyl (C=O) groups is 2. The molecule has 0 radical (unpaired) electrons. The van der Waals surface area contributed by atoms with Crippen LogP contribution in [-0.2, 0) is 9.53 Å². The molecule has 0 aliphatic carbocycles. The van der Waals surface area contributed by atoms with E-state index >= 15 is 0 Å². The lowest BCUT2D eigenvalue weighted by Crippen LogP contribution is -2.47. The van der Waals surface area contributed by atoms with Crippen molar-refractivity contribution in [2.75, 3.05) is 6.61 Å². The van der Waals surface area contributed by atoms with E-state index in [1.165, 1.54) is 0 Å². The van der Waals surface area contributed by atoms with Crippen LogP contribution in [0, 0.1) is 0 Å². The summed E-state index contributed by atoms with van der Waals surface area (Å²) >= 11 is 0. The highest BCUT2D eigenvalue weighted by molar-refractivity contribution is 5.71. The average molecular weight is 215 g/mol. The molecular formula is C10H17NO4. The largest absolute Gasteiger partial charge is 0.481 e. The minimum absolute atomic E-state index is 0.0634. The van der Waals surface area contributed by atoms with Crippen molar-refractivity contribution in [1.29, 1.82) is 0 Å². The Morgan fingerprint density at radius 3 is 2.67 bits per heavy atom. The van der Waals surface area contributed by atoms with Crippen LogP contribution in [0.1, 0.15) is 33.6 Å². The highest BCUT2D eigenvalue weighted by Gasteiger charge is 2.39. The molecule has 1 rings (SSSR count). The number of hydrogen-bond donors (Lipinski definition) is 1. The number of rotatable bonds is 3. The first kappa shape index (κ1) is 11.8. The van der Waals surface area contributed by atoms with Crippen LogP contribution < -0.4 is 0 Å². The molecule has 1 N–H and O–H groups in total. The second-order valence-electron chi connectivity index (χ2n) is 4.70. The molecule has 0 aromatic carbocycles. The van der Waals surface area contributed by atoms with E-state index in [0.29, 0.717) is 13.0 Å². The van der Waals surface area contributed by atoms with E-state index < -0.39 is 5.97 Å². The molecule has 0 aromatic heterocycles. The molecule has 0 spiro atoms.